The summed E-state index contributed by atoms with van der Waals surface area (Å²) < 4.78 is 1.37. The molecule has 20 heavy (non-hydrogen) atoms. The van der Waals surface area contributed by atoms with Gasteiger partial charge in [-0.05, 0) is 23.3 Å². The highest BCUT2D eigenvalue weighted by Gasteiger charge is 2.28. The molecule has 1 aliphatic rings. The first-order chi connectivity index (χ1) is 9.67. The summed E-state index contributed by atoms with van der Waals surface area (Å²) in [4.78, 5) is 19.7. The molecule has 2 heterocycles. The van der Waals surface area contributed by atoms with Gasteiger partial charge in [-0.3, -0.25) is 4.79 Å². The molecule has 0 radical (unpaired) electrons. The summed E-state index contributed by atoms with van der Waals surface area (Å²) in [6.45, 7) is 4.25. The summed E-state index contributed by atoms with van der Waals surface area (Å²) in [7, 11) is 0. The second kappa shape index (κ2) is 6.18. The van der Waals surface area contributed by atoms with Crippen LogP contribution in [0.4, 0.5) is 0 Å². The molecule has 3 rings (SSSR count). The third-order valence-electron chi connectivity index (χ3n) is 2.83. The van der Waals surface area contributed by atoms with Crippen LogP contribution < -0.4 is 5.73 Å². The molecule has 0 aromatic carbocycles. The average Bonchev–Trinajstić information content (AvgIpc) is 3.08. The molecule has 0 spiro atoms. The van der Waals surface area contributed by atoms with E-state index < -0.39 is 0 Å². The van der Waals surface area contributed by atoms with E-state index in [2.05, 4.69) is 39.3 Å². The molecule has 0 unspecified atom stereocenters. The predicted octanol–water partition coefficient (Wildman–Crippen LogP) is 0.384. The minimum absolute atomic E-state index is 0.270. The van der Waals surface area contributed by atoms with Gasteiger partial charge in [0.2, 0.25) is 5.91 Å². The van der Waals surface area contributed by atoms with E-state index in [1.807, 2.05) is 0 Å². The molecule has 2 aromatic rings. The van der Waals surface area contributed by atoms with Crippen molar-refractivity contribution in [1.29, 1.82) is 0 Å². The topological polar surface area (TPSA) is 112 Å². The van der Waals surface area contributed by atoms with Crippen molar-refractivity contribution >= 4 is 5.91 Å². The van der Waals surface area contributed by atoms with Gasteiger partial charge in [-0.1, -0.05) is 20.3 Å². The number of aryl methyl sites for hydroxylation is 1. The van der Waals surface area contributed by atoms with Crippen molar-refractivity contribution in [3.8, 4) is 5.95 Å². The Kier molecular flexibility index (Phi) is 4.34. The number of tetrazole rings is 1. The van der Waals surface area contributed by atoms with Gasteiger partial charge in [0.25, 0.3) is 5.95 Å². The maximum atomic E-state index is 11.2. The van der Waals surface area contributed by atoms with Crippen molar-refractivity contribution in [3.05, 3.63) is 23.8 Å². The van der Waals surface area contributed by atoms with Crippen LogP contribution in [-0.4, -0.2) is 36.1 Å². The molecule has 0 fully saturated rings. The van der Waals surface area contributed by atoms with E-state index in [0.717, 1.165) is 17.7 Å². The van der Waals surface area contributed by atoms with Gasteiger partial charge in [0.05, 0.1) is 11.6 Å². The molecular formula is C12H17N7O. The van der Waals surface area contributed by atoms with E-state index in [9.17, 15) is 4.79 Å². The summed E-state index contributed by atoms with van der Waals surface area (Å²) in [6.07, 6.45) is 5.71. The fraction of sp³-hybridized carbons (Fsp3) is 0.500. The summed E-state index contributed by atoms with van der Waals surface area (Å²) in [5, 5.41) is 10.7. The molecule has 1 amide bonds. The average molecular weight is 275 g/mol. The maximum Gasteiger partial charge on any atom is 0.253 e. The Morgan fingerprint density at radius 2 is 2.25 bits per heavy atom. The third kappa shape index (κ3) is 2.79. The minimum atomic E-state index is -0.331. The van der Waals surface area contributed by atoms with E-state index in [1.54, 1.807) is 6.20 Å². The first-order valence-electron chi connectivity index (χ1n) is 6.55. The number of amides is 1. The summed E-state index contributed by atoms with van der Waals surface area (Å²) in [6, 6.07) is 0. The number of fused-ring (bicyclic) bond motifs is 1. The van der Waals surface area contributed by atoms with Crippen LogP contribution in [0.5, 0.6) is 0 Å². The lowest BCUT2D eigenvalue weighted by molar-refractivity contribution is -0.119. The van der Waals surface area contributed by atoms with Crippen LogP contribution in [0.25, 0.3) is 5.95 Å². The number of nitrogens with two attached hydrogens (primary N) is 1. The Hall–Kier alpha value is -2.38. The first-order valence-corrected chi connectivity index (χ1v) is 6.55. The number of carbonyl (C=O) groups is 1. The maximum absolute atomic E-state index is 11.2. The van der Waals surface area contributed by atoms with Gasteiger partial charge < -0.3 is 5.73 Å². The highest BCUT2D eigenvalue weighted by atomic mass is 16.1. The van der Waals surface area contributed by atoms with Crippen molar-refractivity contribution in [2.24, 2.45) is 5.73 Å². The highest BCUT2D eigenvalue weighted by Crippen LogP contribution is 2.31. The van der Waals surface area contributed by atoms with Gasteiger partial charge in [-0.25, -0.2) is 9.97 Å². The Balaban J connectivity index is 0.000000452. The molecular weight excluding hydrogens is 258 g/mol. The molecule has 0 bridgehead atoms. The van der Waals surface area contributed by atoms with Crippen LogP contribution in [0, 0.1) is 0 Å². The molecule has 106 valence electrons. The number of hydrogen-bond donors (Lipinski definition) is 1. The van der Waals surface area contributed by atoms with Crippen LogP contribution in [-0.2, 0) is 11.2 Å². The van der Waals surface area contributed by atoms with Crippen LogP contribution in [0.3, 0.4) is 0 Å². The van der Waals surface area contributed by atoms with Gasteiger partial charge in [-0.15, -0.1) is 5.10 Å². The summed E-state index contributed by atoms with van der Waals surface area (Å²) >= 11 is 0. The number of aromatic nitrogens is 6. The van der Waals surface area contributed by atoms with Gasteiger partial charge in [0, 0.05) is 11.8 Å². The van der Waals surface area contributed by atoms with Crippen LogP contribution in [0.15, 0.2) is 12.5 Å². The van der Waals surface area contributed by atoms with Gasteiger partial charge in [-0.2, -0.15) is 4.68 Å². The molecule has 0 saturated carbocycles. The van der Waals surface area contributed by atoms with E-state index in [4.69, 9.17) is 5.73 Å². The predicted molar refractivity (Wildman–Crippen MR) is 71.0 cm³/mol. The Labute approximate surface area is 116 Å². The zero-order valence-electron chi connectivity index (χ0n) is 11.5. The number of hydrogen-bond acceptors (Lipinski definition) is 6. The van der Waals surface area contributed by atoms with Crippen molar-refractivity contribution in [2.75, 3.05) is 0 Å². The SMILES string of the molecule is CCC.NC(=O)[C@@H]1CCc2nc(-n3cnnn3)ncc21. The fourth-order valence-corrected chi connectivity index (χ4v) is 2.00. The lowest BCUT2D eigenvalue weighted by Gasteiger charge is -2.05. The Morgan fingerprint density at radius 3 is 2.85 bits per heavy atom. The molecule has 2 N–H and O–H groups in total. The van der Waals surface area contributed by atoms with Crippen molar-refractivity contribution in [3.63, 3.8) is 0 Å². The molecule has 0 aliphatic heterocycles. The van der Waals surface area contributed by atoms with Crippen LogP contribution in [0.1, 0.15) is 43.9 Å². The van der Waals surface area contributed by atoms with E-state index in [1.165, 1.54) is 17.4 Å². The normalized spacial score (nSPS) is 16.2. The minimum Gasteiger partial charge on any atom is -0.369 e. The second-order valence-corrected chi connectivity index (χ2v) is 4.53. The van der Waals surface area contributed by atoms with Crippen molar-refractivity contribution in [1.82, 2.24) is 30.2 Å². The largest absolute Gasteiger partial charge is 0.369 e. The van der Waals surface area contributed by atoms with Gasteiger partial charge in [0.15, 0.2) is 0 Å². The highest BCUT2D eigenvalue weighted by molar-refractivity contribution is 5.82. The quantitative estimate of drug-likeness (QED) is 0.848. The van der Waals surface area contributed by atoms with Crippen molar-refractivity contribution < 1.29 is 4.79 Å². The van der Waals surface area contributed by atoms with Crippen LogP contribution >= 0.6 is 0 Å². The Morgan fingerprint density at radius 1 is 1.50 bits per heavy atom. The van der Waals surface area contributed by atoms with Gasteiger partial charge >= 0.3 is 0 Å². The summed E-state index contributed by atoms with van der Waals surface area (Å²) in [5.74, 6) is -0.200. The zero-order chi connectivity index (χ0) is 14.5. The van der Waals surface area contributed by atoms with Gasteiger partial charge in [0.1, 0.15) is 6.33 Å². The monoisotopic (exact) mass is 275 g/mol. The standard InChI is InChI=1S/C9H9N7O.C3H8/c10-8(17)5-1-2-7-6(5)3-11-9(13-7)16-4-12-14-15-16;1-3-2/h3-5H,1-2H2,(H2,10,17);3H2,1-2H3/t5-;/m1./s1. The number of primary amides is 1. The molecule has 8 nitrogen and oxygen atoms in total. The van der Waals surface area contributed by atoms with E-state index in [0.29, 0.717) is 12.4 Å². The van der Waals surface area contributed by atoms with Crippen LogP contribution in [0.2, 0.25) is 0 Å². The first kappa shape index (κ1) is 14.0. The molecule has 2 aromatic heterocycles. The second-order valence-electron chi connectivity index (χ2n) is 4.53. The summed E-state index contributed by atoms with van der Waals surface area (Å²) in [5.41, 5.74) is 6.97. The lowest BCUT2D eigenvalue weighted by atomic mass is 10.0. The van der Waals surface area contributed by atoms with E-state index in [-0.39, 0.29) is 11.8 Å². The smallest absolute Gasteiger partial charge is 0.253 e. The Bertz CT molecular complexity index is 581. The van der Waals surface area contributed by atoms with E-state index >= 15 is 0 Å². The molecule has 0 saturated heterocycles. The molecule has 1 aliphatic carbocycles. The molecule has 8 heteroatoms. The number of rotatable bonds is 2. The fourth-order valence-electron chi connectivity index (χ4n) is 2.00. The zero-order valence-corrected chi connectivity index (χ0v) is 11.5. The number of carbonyl (C=O) groups excluding carboxylic acids is 1. The van der Waals surface area contributed by atoms with Crippen molar-refractivity contribution in [2.45, 2.75) is 39.0 Å². The number of nitrogens with zero attached hydrogens (tertiary/aromatic N) is 6. The third-order valence-corrected chi connectivity index (χ3v) is 2.83. The lowest BCUT2D eigenvalue weighted by Crippen LogP contribution is -2.19. The molecule has 1 atom stereocenters.